The van der Waals surface area contributed by atoms with Gasteiger partial charge in [0.15, 0.2) is 5.82 Å². The minimum absolute atomic E-state index is 0.145. The predicted octanol–water partition coefficient (Wildman–Crippen LogP) is 1.49. The van der Waals surface area contributed by atoms with Crippen LogP contribution in [-0.4, -0.2) is 33.5 Å². The predicted molar refractivity (Wildman–Crippen MR) is 68.7 cm³/mol. The van der Waals surface area contributed by atoms with Crippen LogP contribution < -0.4 is 5.73 Å². The van der Waals surface area contributed by atoms with Crippen molar-refractivity contribution < 1.29 is 4.74 Å². The summed E-state index contributed by atoms with van der Waals surface area (Å²) in [6.45, 7) is 0.430. The van der Waals surface area contributed by atoms with Gasteiger partial charge in [0.2, 0.25) is 4.96 Å². The molecule has 1 fully saturated rings. The van der Waals surface area contributed by atoms with Gasteiger partial charge in [-0.3, -0.25) is 0 Å². The molecular weight excluding hydrogens is 250 g/mol. The topological polar surface area (TPSA) is 78.3 Å². The number of aromatic nitrogens is 4. The molecular formula is C11H17N5OS. The van der Waals surface area contributed by atoms with E-state index >= 15 is 0 Å². The van der Waals surface area contributed by atoms with Crippen LogP contribution in [0, 0.1) is 0 Å². The lowest BCUT2D eigenvalue weighted by molar-refractivity contribution is 0.109. The fraction of sp³-hybridized carbons (Fsp3) is 0.727. The highest BCUT2D eigenvalue weighted by Crippen LogP contribution is 2.34. The summed E-state index contributed by atoms with van der Waals surface area (Å²) in [7, 11) is 1.65. The van der Waals surface area contributed by atoms with Crippen molar-refractivity contribution in [1.82, 2.24) is 19.8 Å². The van der Waals surface area contributed by atoms with E-state index in [2.05, 4.69) is 15.3 Å². The number of hydrogen-bond donors (Lipinski definition) is 1. The summed E-state index contributed by atoms with van der Waals surface area (Å²) in [6, 6.07) is 0. The lowest BCUT2D eigenvalue weighted by Gasteiger charge is -2.08. The van der Waals surface area contributed by atoms with Crippen LogP contribution in [0.1, 0.15) is 48.5 Å². The summed E-state index contributed by atoms with van der Waals surface area (Å²) >= 11 is 1.51. The molecule has 1 saturated carbocycles. The molecule has 0 aliphatic heterocycles. The number of nitrogens with two attached hydrogens (primary N) is 1. The molecule has 6 nitrogen and oxygen atoms in total. The molecule has 98 valence electrons. The molecule has 0 saturated heterocycles. The van der Waals surface area contributed by atoms with Crippen molar-refractivity contribution in [1.29, 1.82) is 0 Å². The first kappa shape index (κ1) is 12.0. The van der Waals surface area contributed by atoms with E-state index in [1.165, 1.54) is 37.0 Å². The second kappa shape index (κ2) is 4.91. The average molecular weight is 267 g/mol. The standard InChI is InChI=1S/C11H17N5OS/c1-17-8(6-12)10-15-16-9(7-4-2-3-5-7)13-14-11(16)18-10/h7-8H,2-6,12H2,1H3. The van der Waals surface area contributed by atoms with Crippen molar-refractivity contribution in [2.75, 3.05) is 13.7 Å². The van der Waals surface area contributed by atoms with Gasteiger partial charge in [0.1, 0.15) is 11.1 Å². The molecule has 0 amide bonds. The van der Waals surface area contributed by atoms with E-state index in [9.17, 15) is 0 Å². The molecule has 2 aromatic heterocycles. The van der Waals surface area contributed by atoms with Crippen LogP contribution in [0.4, 0.5) is 0 Å². The second-order valence-corrected chi connectivity index (χ2v) is 5.62. The van der Waals surface area contributed by atoms with E-state index in [0.717, 1.165) is 15.8 Å². The van der Waals surface area contributed by atoms with Gasteiger partial charge in [-0.05, 0) is 12.8 Å². The third-order valence-electron chi connectivity index (χ3n) is 3.52. The molecule has 0 aromatic carbocycles. The van der Waals surface area contributed by atoms with Gasteiger partial charge in [0.05, 0.1) is 0 Å². The zero-order valence-corrected chi connectivity index (χ0v) is 11.2. The van der Waals surface area contributed by atoms with E-state index in [1.807, 2.05) is 4.52 Å². The lowest BCUT2D eigenvalue weighted by atomic mass is 10.1. The van der Waals surface area contributed by atoms with E-state index in [0.29, 0.717) is 12.5 Å². The molecule has 7 heteroatoms. The third kappa shape index (κ3) is 1.92. The maximum absolute atomic E-state index is 5.66. The van der Waals surface area contributed by atoms with Crippen LogP contribution in [0.3, 0.4) is 0 Å². The van der Waals surface area contributed by atoms with Gasteiger partial charge in [-0.15, -0.1) is 10.2 Å². The molecule has 2 heterocycles. The van der Waals surface area contributed by atoms with Crippen LogP contribution in [0.25, 0.3) is 4.96 Å². The number of hydrogen-bond acceptors (Lipinski definition) is 6. The van der Waals surface area contributed by atoms with Gasteiger partial charge in [0, 0.05) is 19.6 Å². The molecule has 3 rings (SSSR count). The van der Waals surface area contributed by atoms with Crippen molar-refractivity contribution in [3.8, 4) is 0 Å². The molecule has 0 radical (unpaired) electrons. The van der Waals surface area contributed by atoms with E-state index in [1.54, 1.807) is 7.11 Å². The van der Waals surface area contributed by atoms with Gasteiger partial charge in [0.25, 0.3) is 0 Å². The van der Waals surface area contributed by atoms with E-state index in [4.69, 9.17) is 10.5 Å². The van der Waals surface area contributed by atoms with Gasteiger partial charge in [-0.2, -0.15) is 9.61 Å². The monoisotopic (exact) mass is 267 g/mol. The molecule has 1 atom stereocenters. The van der Waals surface area contributed by atoms with Crippen molar-refractivity contribution in [2.45, 2.75) is 37.7 Å². The number of fused-ring (bicyclic) bond motifs is 1. The molecule has 18 heavy (non-hydrogen) atoms. The summed E-state index contributed by atoms with van der Waals surface area (Å²) in [4.78, 5) is 0.836. The fourth-order valence-corrected chi connectivity index (χ4v) is 3.45. The first-order chi connectivity index (χ1) is 8.83. The summed E-state index contributed by atoms with van der Waals surface area (Å²) in [5.41, 5.74) is 5.66. The summed E-state index contributed by atoms with van der Waals surface area (Å²) in [5.74, 6) is 1.51. The van der Waals surface area contributed by atoms with Gasteiger partial charge < -0.3 is 10.5 Å². The number of rotatable bonds is 4. The maximum Gasteiger partial charge on any atom is 0.234 e. The van der Waals surface area contributed by atoms with Gasteiger partial charge >= 0.3 is 0 Å². The Balaban J connectivity index is 1.97. The largest absolute Gasteiger partial charge is 0.373 e. The molecule has 0 bridgehead atoms. The first-order valence-electron chi connectivity index (χ1n) is 6.28. The average Bonchev–Trinajstić information content (AvgIpc) is 3.04. The Morgan fingerprint density at radius 1 is 1.44 bits per heavy atom. The van der Waals surface area contributed by atoms with Crippen molar-refractivity contribution in [3.63, 3.8) is 0 Å². The maximum atomic E-state index is 5.66. The van der Waals surface area contributed by atoms with Crippen LogP contribution in [-0.2, 0) is 4.74 Å². The minimum Gasteiger partial charge on any atom is -0.373 e. The molecule has 2 aromatic rings. The highest BCUT2D eigenvalue weighted by molar-refractivity contribution is 7.16. The van der Waals surface area contributed by atoms with E-state index in [-0.39, 0.29) is 6.10 Å². The van der Waals surface area contributed by atoms with Gasteiger partial charge in [-0.1, -0.05) is 24.2 Å². The van der Waals surface area contributed by atoms with Gasteiger partial charge in [-0.25, -0.2) is 0 Å². The third-order valence-corrected chi connectivity index (χ3v) is 4.52. The van der Waals surface area contributed by atoms with Crippen LogP contribution in [0.2, 0.25) is 0 Å². The fourth-order valence-electron chi connectivity index (χ4n) is 2.51. The van der Waals surface area contributed by atoms with Crippen molar-refractivity contribution in [3.05, 3.63) is 10.8 Å². The molecule has 2 N–H and O–H groups in total. The Labute approximate surface area is 109 Å². The molecule has 1 aliphatic carbocycles. The highest BCUT2D eigenvalue weighted by Gasteiger charge is 2.25. The Hall–Kier alpha value is -1.05. The zero-order valence-electron chi connectivity index (χ0n) is 10.4. The summed E-state index contributed by atoms with van der Waals surface area (Å²) in [5, 5.41) is 13.9. The smallest absolute Gasteiger partial charge is 0.234 e. The number of methoxy groups -OCH3 is 1. The summed E-state index contributed by atoms with van der Waals surface area (Å²) < 4.78 is 7.18. The van der Waals surface area contributed by atoms with Crippen LogP contribution >= 0.6 is 11.3 Å². The van der Waals surface area contributed by atoms with Crippen molar-refractivity contribution in [2.24, 2.45) is 5.73 Å². The Morgan fingerprint density at radius 3 is 2.89 bits per heavy atom. The lowest BCUT2D eigenvalue weighted by Crippen LogP contribution is -2.14. The Morgan fingerprint density at radius 2 is 2.22 bits per heavy atom. The number of nitrogens with zero attached hydrogens (tertiary/aromatic N) is 4. The molecule has 0 spiro atoms. The van der Waals surface area contributed by atoms with E-state index < -0.39 is 0 Å². The molecule has 1 aliphatic rings. The SMILES string of the molecule is COC(CN)c1nn2c(C3CCCC3)nnc2s1. The number of ether oxygens (including phenoxy) is 1. The molecule has 1 unspecified atom stereocenters. The Kier molecular flexibility index (Phi) is 3.27. The first-order valence-corrected chi connectivity index (χ1v) is 7.10. The zero-order chi connectivity index (χ0) is 12.5. The quantitative estimate of drug-likeness (QED) is 0.908. The van der Waals surface area contributed by atoms with Crippen LogP contribution in [0.5, 0.6) is 0 Å². The minimum atomic E-state index is -0.145. The second-order valence-electron chi connectivity index (χ2n) is 4.63. The highest BCUT2D eigenvalue weighted by atomic mass is 32.1. The Bertz CT molecular complexity index is 527. The summed E-state index contributed by atoms with van der Waals surface area (Å²) in [6.07, 6.45) is 4.80. The normalized spacial score (nSPS) is 18.8. The van der Waals surface area contributed by atoms with Crippen LogP contribution in [0.15, 0.2) is 0 Å². The van der Waals surface area contributed by atoms with Crippen molar-refractivity contribution >= 4 is 16.3 Å².